The maximum Gasteiger partial charge on any atom is 0.201 e. The lowest BCUT2D eigenvalue weighted by Crippen LogP contribution is -2.69. The number of hydrogen-bond acceptors (Lipinski definition) is 5. The molecule has 0 N–H and O–H groups in total. The molecule has 1 aromatic rings. The van der Waals surface area contributed by atoms with Crippen LogP contribution in [-0.2, 0) is 32.8 Å². The van der Waals surface area contributed by atoms with Gasteiger partial charge in [-0.25, -0.2) is 9.78 Å². The molecule has 0 unspecified atom stereocenters. The van der Waals surface area contributed by atoms with E-state index in [1.807, 2.05) is 6.92 Å². The van der Waals surface area contributed by atoms with Crippen LogP contribution >= 0.6 is 0 Å². The Bertz CT molecular complexity index is 851. The smallest absolute Gasteiger partial charge is 0.201 e. The van der Waals surface area contributed by atoms with Gasteiger partial charge in [-0.3, -0.25) is 4.90 Å². The van der Waals surface area contributed by atoms with Crippen LogP contribution in [0.4, 0.5) is 0 Å². The Labute approximate surface area is 192 Å². The van der Waals surface area contributed by atoms with Crippen molar-refractivity contribution in [2.75, 3.05) is 13.1 Å². The van der Waals surface area contributed by atoms with Gasteiger partial charge in [0.15, 0.2) is 11.9 Å². The topological polar surface area (TPSA) is 45.1 Å². The van der Waals surface area contributed by atoms with E-state index in [0.717, 1.165) is 25.8 Å². The second-order valence-electron chi connectivity index (χ2n) is 11.5. The first-order chi connectivity index (χ1) is 15.4. The molecule has 0 amide bonds. The number of piperidine rings is 1. The van der Waals surface area contributed by atoms with Crippen LogP contribution in [-0.4, -0.2) is 40.2 Å². The number of rotatable bonds is 3. The minimum absolute atomic E-state index is 0.0105. The molecular formula is C26H40N2O4. The van der Waals surface area contributed by atoms with Gasteiger partial charge in [0, 0.05) is 37.3 Å². The maximum atomic E-state index is 6.87. The number of fused-ring (bicyclic) bond motifs is 2. The first kappa shape index (κ1) is 21.6. The van der Waals surface area contributed by atoms with Crippen LogP contribution in [0, 0.1) is 23.7 Å². The molecule has 1 aliphatic carbocycles. The lowest BCUT2D eigenvalue weighted by molar-refractivity contribution is -0.571. The molecule has 178 valence electrons. The number of likely N-dealkylation sites (tertiary alicyclic amines) is 1. The van der Waals surface area contributed by atoms with Crippen molar-refractivity contribution in [1.82, 2.24) is 9.47 Å². The SMILES string of the molecule is C[C@H]1[C@H](c2ccc(CN3CCCCC3)n2C)O[C@@H]2O[C@]3(C)CC[C@H]4[C@H](C)CC[C@@H]1[C@@]24OO3. The standard InChI is InChI=1S/C26H40N2O4/c1-17-8-10-21-18(2)23(22-11-9-19(27(22)4)16-28-14-6-5-7-15-28)29-24-26(21)20(17)12-13-25(3,30-24)31-32-26/h9,11,17-18,20-21,23-24H,5-8,10,12-16H2,1-4H3/t17-,18-,20+,21+,23-,24-,25+,26-/m1/s1. The van der Waals surface area contributed by atoms with Crippen molar-refractivity contribution in [3.8, 4) is 0 Å². The zero-order chi connectivity index (χ0) is 22.1. The Kier molecular flexibility index (Phi) is 5.27. The molecule has 0 radical (unpaired) electrons. The van der Waals surface area contributed by atoms with Gasteiger partial charge in [0.05, 0.1) is 0 Å². The number of aromatic nitrogens is 1. The predicted molar refractivity (Wildman–Crippen MR) is 120 cm³/mol. The van der Waals surface area contributed by atoms with Crippen LogP contribution in [0.5, 0.6) is 0 Å². The quantitative estimate of drug-likeness (QED) is 0.619. The molecule has 1 aromatic heterocycles. The van der Waals surface area contributed by atoms with E-state index in [1.165, 1.54) is 50.2 Å². The Morgan fingerprint density at radius 1 is 1.00 bits per heavy atom. The zero-order valence-electron chi connectivity index (χ0n) is 20.2. The summed E-state index contributed by atoms with van der Waals surface area (Å²) in [6.07, 6.45) is 7.98. The number of nitrogens with zero attached hydrogens (tertiary/aromatic N) is 2. The lowest BCUT2D eigenvalue weighted by Gasteiger charge is -2.60. The molecule has 2 bridgehead atoms. The van der Waals surface area contributed by atoms with E-state index >= 15 is 0 Å². The normalized spacial score (nSPS) is 46.6. The molecule has 5 aliphatic heterocycles. The van der Waals surface area contributed by atoms with Gasteiger partial charge < -0.3 is 14.0 Å². The second kappa shape index (κ2) is 7.81. The summed E-state index contributed by atoms with van der Waals surface area (Å²) in [7, 11) is 2.21. The van der Waals surface area contributed by atoms with Gasteiger partial charge >= 0.3 is 0 Å². The van der Waals surface area contributed by atoms with Crippen LogP contribution < -0.4 is 0 Å². The van der Waals surface area contributed by atoms with Gasteiger partial charge in [0.1, 0.15) is 6.10 Å². The molecule has 1 saturated carbocycles. The summed E-state index contributed by atoms with van der Waals surface area (Å²) in [6.45, 7) is 10.2. The minimum Gasteiger partial charge on any atom is -0.348 e. The molecule has 6 heterocycles. The van der Waals surface area contributed by atoms with Gasteiger partial charge in [0.25, 0.3) is 0 Å². The van der Waals surface area contributed by atoms with Crippen molar-refractivity contribution in [2.24, 2.45) is 30.7 Å². The average Bonchev–Trinajstić information content (AvgIpc) is 2.98. The Balaban J connectivity index is 1.31. The molecular weight excluding hydrogens is 404 g/mol. The fourth-order valence-electron chi connectivity index (χ4n) is 7.61. The minimum atomic E-state index is -0.712. The highest BCUT2D eigenvalue weighted by Crippen LogP contribution is 2.62. The maximum absolute atomic E-state index is 6.87. The summed E-state index contributed by atoms with van der Waals surface area (Å²) >= 11 is 0. The molecule has 32 heavy (non-hydrogen) atoms. The number of ether oxygens (including phenoxy) is 2. The molecule has 8 atom stereocenters. The molecule has 1 spiro atoms. The monoisotopic (exact) mass is 444 g/mol. The fraction of sp³-hybridized carbons (Fsp3) is 0.846. The third kappa shape index (κ3) is 3.17. The van der Waals surface area contributed by atoms with Crippen molar-refractivity contribution in [3.63, 3.8) is 0 Å². The summed E-state index contributed by atoms with van der Waals surface area (Å²) in [6, 6.07) is 4.59. The second-order valence-corrected chi connectivity index (χ2v) is 11.5. The van der Waals surface area contributed by atoms with Crippen LogP contribution in [0.25, 0.3) is 0 Å². The van der Waals surface area contributed by atoms with Crippen molar-refractivity contribution in [3.05, 3.63) is 23.5 Å². The Morgan fingerprint density at radius 2 is 1.81 bits per heavy atom. The summed E-state index contributed by atoms with van der Waals surface area (Å²) in [5, 5.41) is 0. The van der Waals surface area contributed by atoms with Gasteiger partial charge in [0.2, 0.25) is 5.79 Å². The van der Waals surface area contributed by atoms with Crippen LogP contribution in [0.2, 0.25) is 0 Å². The largest absolute Gasteiger partial charge is 0.348 e. The van der Waals surface area contributed by atoms with Crippen LogP contribution in [0.1, 0.15) is 83.2 Å². The average molecular weight is 445 g/mol. The summed E-state index contributed by atoms with van der Waals surface area (Å²) in [5.74, 6) is 1.01. The predicted octanol–water partition coefficient (Wildman–Crippen LogP) is 4.93. The highest BCUT2D eigenvalue weighted by molar-refractivity contribution is 5.22. The third-order valence-electron chi connectivity index (χ3n) is 9.55. The number of hydrogen-bond donors (Lipinski definition) is 0. The zero-order valence-corrected chi connectivity index (χ0v) is 20.2. The molecule has 0 aromatic carbocycles. The first-order valence-corrected chi connectivity index (χ1v) is 13.0. The van der Waals surface area contributed by atoms with Crippen molar-refractivity contribution in [2.45, 2.75) is 96.0 Å². The van der Waals surface area contributed by atoms with E-state index in [-0.39, 0.29) is 12.4 Å². The van der Waals surface area contributed by atoms with Crippen molar-refractivity contribution < 1.29 is 19.2 Å². The molecule has 7 rings (SSSR count). The molecule has 6 nitrogen and oxygen atoms in total. The summed E-state index contributed by atoms with van der Waals surface area (Å²) in [4.78, 5) is 14.9. The van der Waals surface area contributed by atoms with Crippen LogP contribution in [0.15, 0.2) is 12.1 Å². The molecule has 5 saturated heterocycles. The fourth-order valence-corrected chi connectivity index (χ4v) is 7.61. The highest BCUT2D eigenvalue weighted by atomic mass is 17.3. The van der Waals surface area contributed by atoms with E-state index < -0.39 is 11.4 Å². The van der Waals surface area contributed by atoms with E-state index in [4.69, 9.17) is 19.2 Å². The van der Waals surface area contributed by atoms with Gasteiger partial charge in [-0.1, -0.05) is 20.3 Å². The van der Waals surface area contributed by atoms with E-state index in [9.17, 15) is 0 Å². The third-order valence-corrected chi connectivity index (χ3v) is 9.55. The van der Waals surface area contributed by atoms with Gasteiger partial charge in [-0.2, -0.15) is 0 Å². The van der Waals surface area contributed by atoms with Crippen LogP contribution in [0.3, 0.4) is 0 Å². The molecule has 6 fully saturated rings. The Hall–Kier alpha value is -0.920. The first-order valence-electron chi connectivity index (χ1n) is 13.0. The van der Waals surface area contributed by atoms with E-state index in [1.54, 1.807) is 0 Å². The van der Waals surface area contributed by atoms with Gasteiger partial charge in [-0.05, 0) is 82.0 Å². The molecule has 6 heteroatoms. The van der Waals surface area contributed by atoms with E-state index in [0.29, 0.717) is 23.7 Å². The van der Waals surface area contributed by atoms with Crippen molar-refractivity contribution >= 4 is 0 Å². The molecule has 6 aliphatic rings. The van der Waals surface area contributed by atoms with E-state index in [2.05, 4.69) is 42.5 Å². The van der Waals surface area contributed by atoms with Crippen molar-refractivity contribution in [1.29, 1.82) is 0 Å². The lowest BCUT2D eigenvalue weighted by atomic mass is 9.57. The summed E-state index contributed by atoms with van der Waals surface area (Å²) < 4.78 is 15.8. The van der Waals surface area contributed by atoms with Gasteiger partial charge in [-0.15, -0.1) is 0 Å². The summed E-state index contributed by atoms with van der Waals surface area (Å²) in [5.41, 5.74) is 2.16. The highest BCUT2D eigenvalue weighted by Gasteiger charge is 2.69. The Morgan fingerprint density at radius 3 is 2.62 bits per heavy atom.